The molecule has 3 nitrogen and oxygen atoms in total. The fourth-order valence-corrected chi connectivity index (χ4v) is 3.00. The quantitative estimate of drug-likeness (QED) is 0.856. The van der Waals surface area contributed by atoms with Gasteiger partial charge in [-0.25, -0.2) is 0 Å². The summed E-state index contributed by atoms with van der Waals surface area (Å²) in [6.45, 7) is 8.09. The van der Waals surface area contributed by atoms with E-state index < -0.39 is 0 Å². The van der Waals surface area contributed by atoms with Gasteiger partial charge in [0.2, 0.25) is 0 Å². The second-order valence-electron chi connectivity index (χ2n) is 7.40. The molecule has 0 fully saturated rings. The van der Waals surface area contributed by atoms with Crippen molar-refractivity contribution in [3.8, 4) is 5.75 Å². The molecule has 0 saturated heterocycles. The van der Waals surface area contributed by atoms with Gasteiger partial charge in [-0.2, -0.15) is 0 Å². The predicted molar refractivity (Wildman–Crippen MR) is 96.2 cm³/mol. The minimum absolute atomic E-state index is 0.0457. The number of ether oxygens (including phenoxy) is 1. The lowest BCUT2D eigenvalue weighted by molar-refractivity contribution is -0.134. The molecule has 0 spiro atoms. The Balaban J connectivity index is 1.56. The van der Waals surface area contributed by atoms with Crippen LogP contribution >= 0.6 is 0 Å². The van der Waals surface area contributed by atoms with Gasteiger partial charge in [0.25, 0.3) is 5.91 Å². The molecule has 2 aromatic carbocycles. The molecule has 0 atom stereocenters. The lowest BCUT2D eigenvalue weighted by atomic mass is 9.87. The van der Waals surface area contributed by atoms with E-state index in [0.717, 1.165) is 18.7 Å². The molecule has 1 aliphatic rings. The number of hydrogen-bond donors (Lipinski definition) is 0. The molecule has 0 aromatic heterocycles. The highest BCUT2D eigenvalue weighted by Gasteiger charge is 2.20. The standard InChI is InChI=1S/C21H25NO2/c1-21(2,3)18-8-10-19(11-9-18)24-15-20(23)22-13-12-16-6-4-5-7-17(16)14-22/h4-11H,12-15H2,1-3H3. The van der Waals surface area contributed by atoms with Crippen molar-refractivity contribution >= 4 is 5.91 Å². The highest BCUT2D eigenvalue weighted by atomic mass is 16.5. The zero-order valence-corrected chi connectivity index (χ0v) is 14.7. The number of carbonyl (C=O) groups excluding carboxylic acids is 1. The normalized spacial score (nSPS) is 14.2. The summed E-state index contributed by atoms with van der Waals surface area (Å²) in [5.41, 5.74) is 3.97. The number of rotatable bonds is 3. The molecule has 2 aromatic rings. The number of benzene rings is 2. The van der Waals surface area contributed by atoms with Crippen molar-refractivity contribution in [3.63, 3.8) is 0 Å². The Hall–Kier alpha value is -2.29. The van der Waals surface area contributed by atoms with Gasteiger partial charge in [0.1, 0.15) is 5.75 Å². The van der Waals surface area contributed by atoms with Gasteiger partial charge in [-0.15, -0.1) is 0 Å². The van der Waals surface area contributed by atoms with Gasteiger partial charge in [0.15, 0.2) is 6.61 Å². The van der Waals surface area contributed by atoms with Gasteiger partial charge in [-0.1, -0.05) is 57.2 Å². The smallest absolute Gasteiger partial charge is 0.260 e. The summed E-state index contributed by atoms with van der Waals surface area (Å²) >= 11 is 0. The van der Waals surface area contributed by atoms with Gasteiger partial charge >= 0.3 is 0 Å². The molecular weight excluding hydrogens is 298 g/mol. The lowest BCUT2D eigenvalue weighted by Gasteiger charge is -2.28. The van der Waals surface area contributed by atoms with E-state index >= 15 is 0 Å². The number of amides is 1. The van der Waals surface area contributed by atoms with E-state index in [1.807, 2.05) is 23.1 Å². The summed E-state index contributed by atoms with van der Waals surface area (Å²) < 4.78 is 5.69. The van der Waals surface area contributed by atoms with Crippen LogP contribution in [0.15, 0.2) is 48.5 Å². The SMILES string of the molecule is CC(C)(C)c1ccc(OCC(=O)N2CCc3ccccc3C2)cc1. The molecule has 0 aliphatic carbocycles. The third-order valence-corrected chi connectivity index (χ3v) is 4.57. The first kappa shape index (κ1) is 16.6. The summed E-state index contributed by atoms with van der Waals surface area (Å²) in [5, 5.41) is 0. The molecule has 126 valence electrons. The molecule has 1 aliphatic heterocycles. The van der Waals surface area contributed by atoms with Crippen LogP contribution in [0.25, 0.3) is 0 Å². The van der Waals surface area contributed by atoms with Crippen LogP contribution in [0.2, 0.25) is 0 Å². The summed E-state index contributed by atoms with van der Waals surface area (Å²) in [7, 11) is 0. The van der Waals surface area contributed by atoms with Crippen molar-refractivity contribution in [2.75, 3.05) is 13.2 Å². The number of fused-ring (bicyclic) bond motifs is 1. The summed E-state index contributed by atoms with van der Waals surface area (Å²) in [6, 6.07) is 16.3. The number of hydrogen-bond acceptors (Lipinski definition) is 2. The van der Waals surface area contributed by atoms with E-state index in [9.17, 15) is 4.79 Å². The first-order chi connectivity index (χ1) is 11.4. The van der Waals surface area contributed by atoms with E-state index in [2.05, 4.69) is 51.1 Å². The molecule has 0 N–H and O–H groups in total. The summed E-state index contributed by atoms with van der Waals surface area (Å²) in [4.78, 5) is 14.3. The van der Waals surface area contributed by atoms with E-state index in [1.165, 1.54) is 16.7 Å². The van der Waals surface area contributed by atoms with E-state index in [0.29, 0.717) is 6.54 Å². The van der Waals surface area contributed by atoms with Crippen LogP contribution in [0.5, 0.6) is 5.75 Å². The lowest BCUT2D eigenvalue weighted by Crippen LogP contribution is -2.38. The number of carbonyl (C=O) groups is 1. The Morgan fingerprint density at radius 2 is 1.71 bits per heavy atom. The van der Waals surface area contributed by atoms with Crippen molar-refractivity contribution < 1.29 is 9.53 Å². The fourth-order valence-electron chi connectivity index (χ4n) is 3.00. The second kappa shape index (κ2) is 6.68. The fraction of sp³-hybridized carbons (Fsp3) is 0.381. The molecule has 3 heteroatoms. The summed E-state index contributed by atoms with van der Waals surface area (Å²) in [6.07, 6.45) is 0.919. The van der Waals surface area contributed by atoms with Crippen molar-refractivity contribution in [1.82, 2.24) is 4.90 Å². The summed E-state index contributed by atoms with van der Waals surface area (Å²) in [5.74, 6) is 0.790. The average molecular weight is 323 g/mol. The van der Waals surface area contributed by atoms with Gasteiger partial charge in [-0.3, -0.25) is 4.79 Å². The third kappa shape index (κ3) is 3.78. The first-order valence-corrected chi connectivity index (χ1v) is 8.51. The van der Waals surface area contributed by atoms with E-state index in [-0.39, 0.29) is 17.9 Å². The third-order valence-electron chi connectivity index (χ3n) is 4.57. The van der Waals surface area contributed by atoms with Crippen LogP contribution < -0.4 is 4.74 Å². The van der Waals surface area contributed by atoms with Crippen LogP contribution in [-0.4, -0.2) is 24.0 Å². The van der Waals surface area contributed by atoms with E-state index in [1.54, 1.807) is 0 Å². The highest BCUT2D eigenvalue weighted by molar-refractivity contribution is 5.78. The zero-order chi connectivity index (χ0) is 17.2. The van der Waals surface area contributed by atoms with Gasteiger partial charge < -0.3 is 9.64 Å². The monoisotopic (exact) mass is 323 g/mol. The zero-order valence-electron chi connectivity index (χ0n) is 14.7. The topological polar surface area (TPSA) is 29.5 Å². The van der Waals surface area contributed by atoms with Crippen LogP contribution in [0.1, 0.15) is 37.5 Å². The maximum absolute atomic E-state index is 12.4. The molecule has 1 heterocycles. The van der Waals surface area contributed by atoms with Crippen LogP contribution in [-0.2, 0) is 23.2 Å². The van der Waals surface area contributed by atoms with Gasteiger partial charge in [-0.05, 0) is 40.7 Å². The van der Waals surface area contributed by atoms with Crippen molar-refractivity contribution in [1.29, 1.82) is 0 Å². The van der Waals surface area contributed by atoms with Crippen LogP contribution in [0.3, 0.4) is 0 Å². The second-order valence-corrected chi connectivity index (χ2v) is 7.40. The average Bonchev–Trinajstić information content (AvgIpc) is 2.59. The number of nitrogens with zero attached hydrogens (tertiary/aromatic N) is 1. The van der Waals surface area contributed by atoms with Crippen molar-refractivity contribution in [2.45, 2.75) is 39.2 Å². The maximum Gasteiger partial charge on any atom is 0.260 e. The minimum Gasteiger partial charge on any atom is -0.484 e. The molecular formula is C21H25NO2. The molecule has 0 bridgehead atoms. The molecule has 0 radical (unpaired) electrons. The van der Waals surface area contributed by atoms with Crippen molar-refractivity contribution in [2.24, 2.45) is 0 Å². The molecule has 1 amide bonds. The van der Waals surface area contributed by atoms with Crippen molar-refractivity contribution in [3.05, 3.63) is 65.2 Å². The Morgan fingerprint density at radius 1 is 1.04 bits per heavy atom. The Morgan fingerprint density at radius 3 is 2.38 bits per heavy atom. The van der Waals surface area contributed by atoms with Crippen LogP contribution in [0.4, 0.5) is 0 Å². The first-order valence-electron chi connectivity index (χ1n) is 8.51. The van der Waals surface area contributed by atoms with E-state index in [4.69, 9.17) is 4.74 Å². The van der Waals surface area contributed by atoms with Gasteiger partial charge in [0, 0.05) is 13.1 Å². The Labute approximate surface area is 144 Å². The molecule has 3 rings (SSSR count). The molecule has 0 saturated carbocycles. The molecule has 24 heavy (non-hydrogen) atoms. The Kier molecular flexibility index (Phi) is 4.61. The molecule has 0 unspecified atom stereocenters. The largest absolute Gasteiger partial charge is 0.484 e. The maximum atomic E-state index is 12.4. The van der Waals surface area contributed by atoms with Gasteiger partial charge in [0.05, 0.1) is 0 Å². The van der Waals surface area contributed by atoms with Crippen LogP contribution in [0, 0.1) is 0 Å². The Bertz CT molecular complexity index is 713. The minimum atomic E-state index is 0.0457. The predicted octanol–water partition coefficient (Wildman–Crippen LogP) is 3.95. The highest BCUT2D eigenvalue weighted by Crippen LogP contribution is 2.24.